The lowest BCUT2D eigenvalue weighted by Crippen LogP contribution is -2.03. The molecule has 1 aliphatic rings. The third kappa shape index (κ3) is 7.31. The Labute approximate surface area is 241 Å². The minimum absolute atomic E-state index is 0.322. The van der Waals surface area contributed by atoms with Crippen molar-refractivity contribution in [2.24, 2.45) is 0 Å². The van der Waals surface area contributed by atoms with Gasteiger partial charge < -0.3 is 9.84 Å². The molecule has 0 heterocycles. The number of fused-ring (bicyclic) bond motifs is 1. The number of benzene rings is 4. The lowest BCUT2D eigenvalue weighted by molar-refractivity contribution is 0.306. The zero-order valence-corrected chi connectivity index (χ0v) is 24.1. The molecule has 0 saturated heterocycles. The number of ether oxygens (including phenoxy) is 1. The van der Waals surface area contributed by atoms with Crippen molar-refractivity contribution in [2.75, 3.05) is 12.4 Å². The molecule has 206 valence electrons. The lowest BCUT2D eigenvalue weighted by atomic mass is 9.88. The fraction of sp³-hybridized carbons (Fsp3) is 0.278. The second-order valence-corrected chi connectivity index (χ2v) is 12.2. The monoisotopic (exact) mass is 550 g/mol. The van der Waals surface area contributed by atoms with E-state index in [0.717, 1.165) is 61.2 Å². The van der Waals surface area contributed by atoms with Crippen molar-refractivity contribution in [1.82, 2.24) is 0 Å². The van der Waals surface area contributed by atoms with Crippen molar-refractivity contribution in [3.8, 4) is 11.5 Å². The minimum Gasteiger partial charge on any atom is -0.508 e. The van der Waals surface area contributed by atoms with Gasteiger partial charge in [-0.1, -0.05) is 78.4 Å². The molecule has 5 rings (SSSR count). The molecule has 0 bridgehead atoms. The van der Waals surface area contributed by atoms with E-state index in [1.165, 1.54) is 33.4 Å². The molecule has 1 aliphatic carbocycles. The molecule has 1 atom stereocenters. The SMILES string of the molecule is Cc1ccc(CS(=O)CCCCCOc2ccc(C3=C(c4ccccc4)CCCc4cc(O)ccc43)cc2)cc1. The van der Waals surface area contributed by atoms with E-state index in [-0.39, 0.29) is 0 Å². The number of hydrogen-bond donors (Lipinski definition) is 1. The van der Waals surface area contributed by atoms with Crippen LogP contribution in [0.2, 0.25) is 0 Å². The first-order valence-corrected chi connectivity index (χ1v) is 15.8. The molecule has 4 aromatic rings. The predicted octanol–water partition coefficient (Wildman–Crippen LogP) is 8.49. The summed E-state index contributed by atoms with van der Waals surface area (Å²) in [5, 5.41) is 10.1. The number of aryl methyl sites for hydroxylation is 2. The van der Waals surface area contributed by atoms with Crippen molar-refractivity contribution in [2.45, 2.75) is 51.2 Å². The molecule has 1 N–H and O–H groups in total. The third-order valence-corrected chi connectivity index (χ3v) is 8.93. The van der Waals surface area contributed by atoms with Gasteiger partial charge in [-0.25, -0.2) is 0 Å². The predicted molar refractivity (Wildman–Crippen MR) is 167 cm³/mol. The molecule has 4 aromatic carbocycles. The molecule has 0 saturated carbocycles. The standard InChI is InChI=1S/C36H38O3S/c1-27-13-15-28(16-14-27)26-40(38)24-7-3-6-23-39-33-20-17-30(18-21-33)36-34(29-9-4-2-5-10-29)12-8-11-31-25-32(37)19-22-35(31)36/h2,4-5,9-10,13-22,25,37H,3,6-8,11-12,23-24,26H2,1H3. The normalized spacial score (nSPS) is 13.9. The zero-order chi connectivity index (χ0) is 27.7. The molecule has 3 nitrogen and oxygen atoms in total. The number of phenolic OH excluding ortho intramolecular Hbond substituents is 1. The van der Waals surface area contributed by atoms with Crippen LogP contribution in [0.1, 0.15) is 65.5 Å². The summed E-state index contributed by atoms with van der Waals surface area (Å²) in [6.07, 6.45) is 5.89. The summed E-state index contributed by atoms with van der Waals surface area (Å²) in [6, 6.07) is 33.2. The van der Waals surface area contributed by atoms with Crippen LogP contribution in [0.15, 0.2) is 97.1 Å². The molecule has 0 aliphatic heterocycles. The van der Waals surface area contributed by atoms with Gasteiger partial charge in [-0.2, -0.15) is 0 Å². The number of rotatable bonds is 11. The smallest absolute Gasteiger partial charge is 0.119 e. The van der Waals surface area contributed by atoms with Crippen LogP contribution >= 0.6 is 0 Å². The average molecular weight is 551 g/mol. The van der Waals surface area contributed by atoms with Gasteiger partial charge in [0.15, 0.2) is 0 Å². The van der Waals surface area contributed by atoms with Gasteiger partial charge in [0.2, 0.25) is 0 Å². The van der Waals surface area contributed by atoms with Crippen molar-refractivity contribution in [3.63, 3.8) is 0 Å². The van der Waals surface area contributed by atoms with Crippen molar-refractivity contribution in [3.05, 3.63) is 130 Å². The van der Waals surface area contributed by atoms with Gasteiger partial charge in [0.25, 0.3) is 0 Å². The summed E-state index contributed by atoms with van der Waals surface area (Å²) in [6.45, 7) is 2.73. The maximum atomic E-state index is 12.4. The number of hydrogen-bond acceptors (Lipinski definition) is 3. The third-order valence-electron chi connectivity index (χ3n) is 7.53. The molecular weight excluding hydrogens is 512 g/mol. The largest absolute Gasteiger partial charge is 0.508 e. The van der Waals surface area contributed by atoms with Gasteiger partial charge >= 0.3 is 0 Å². The van der Waals surface area contributed by atoms with Gasteiger partial charge in [0.1, 0.15) is 11.5 Å². The Morgan fingerprint density at radius 3 is 2.35 bits per heavy atom. The molecule has 0 radical (unpaired) electrons. The van der Waals surface area contributed by atoms with Gasteiger partial charge in [-0.05, 0) is 109 Å². The maximum Gasteiger partial charge on any atom is 0.119 e. The van der Waals surface area contributed by atoms with Crippen LogP contribution in [0, 0.1) is 6.92 Å². The average Bonchev–Trinajstić information content (AvgIpc) is 3.16. The van der Waals surface area contributed by atoms with Crippen LogP contribution in [-0.4, -0.2) is 21.7 Å². The fourth-order valence-corrected chi connectivity index (χ4v) is 6.66. The second-order valence-electron chi connectivity index (χ2n) is 10.6. The summed E-state index contributed by atoms with van der Waals surface area (Å²) in [5.74, 6) is 2.56. The molecule has 0 fully saturated rings. The van der Waals surface area contributed by atoms with Gasteiger partial charge in [-0.15, -0.1) is 0 Å². The maximum absolute atomic E-state index is 12.4. The van der Waals surface area contributed by atoms with Crippen molar-refractivity contribution >= 4 is 21.9 Å². The van der Waals surface area contributed by atoms with E-state index >= 15 is 0 Å². The van der Waals surface area contributed by atoms with Crippen LogP contribution in [0.5, 0.6) is 11.5 Å². The molecular formula is C36H38O3S. The van der Waals surface area contributed by atoms with Crippen LogP contribution in [0.4, 0.5) is 0 Å². The highest BCUT2D eigenvalue weighted by molar-refractivity contribution is 7.84. The summed E-state index contributed by atoms with van der Waals surface area (Å²) in [4.78, 5) is 0. The number of phenols is 1. The first kappa shape index (κ1) is 27.9. The van der Waals surface area contributed by atoms with E-state index < -0.39 is 10.8 Å². The molecule has 0 spiro atoms. The summed E-state index contributed by atoms with van der Waals surface area (Å²) in [5.41, 5.74) is 9.77. The van der Waals surface area contributed by atoms with Crippen LogP contribution in [0.3, 0.4) is 0 Å². The Morgan fingerprint density at radius 1 is 0.800 bits per heavy atom. The van der Waals surface area contributed by atoms with Crippen molar-refractivity contribution in [1.29, 1.82) is 0 Å². The van der Waals surface area contributed by atoms with Crippen LogP contribution in [0.25, 0.3) is 11.1 Å². The quantitative estimate of drug-likeness (QED) is 0.191. The first-order valence-electron chi connectivity index (χ1n) is 14.3. The Balaban J connectivity index is 1.19. The van der Waals surface area contributed by atoms with Gasteiger partial charge in [0, 0.05) is 22.3 Å². The Bertz CT molecular complexity index is 1450. The molecule has 4 heteroatoms. The van der Waals surface area contributed by atoms with E-state index in [9.17, 15) is 9.32 Å². The van der Waals surface area contributed by atoms with E-state index in [1.807, 2.05) is 6.07 Å². The van der Waals surface area contributed by atoms with Gasteiger partial charge in [-0.3, -0.25) is 4.21 Å². The number of aromatic hydroxyl groups is 1. The summed E-state index contributed by atoms with van der Waals surface area (Å²) in [7, 11) is -0.819. The molecule has 0 amide bonds. The van der Waals surface area contributed by atoms with Gasteiger partial charge in [0.05, 0.1) is 6.61 Å². The Morgan fingerprint density at radius 2 is 1.57 bits per heavy atom. The van der Waals surface area contributed by atoms with E-state index in [1.54, 1.807) is 6.07 Å². The van der Waals surface area contributed by atoms with Crippen LogP contribution in [-0.2, 0) is 23.0 Å². The molecule has 0 aromatic heterocycles. The minimum atomic E-state index is -0.819. The topological polar surface area (TPSA) is 46.5 Å². The number of unbranched alkanes of at least 4 members (excludes halogenated alkanes) is 2. The highest BCUT2D eigenvalue weighted by Gasteiger charge is 2.20. The summed E-state index contributed by atoms with van der Waals surface area (Å²) < 4.78 is 18.5. The van der Waals surface area contributed by atoms with E-state index in [4.69, 9.17) is 4.74 Å². The first-order chi connectivity index (χ1) is 19.6. The van der Waals surface area contributed by atoms with E-state index in [2.05, 4.69) is 91.9 Å². The Kier molecular flexibility index (Phi) is 9.51. The summed E-state index contributed by atoms with van der Waals surface area (Å²) >= 11 is 0. The van der Waals surface area contributed by atoms with Crippen molar-refractivity contribution < 1.29 is 14.1 Å². The van der Waals surface area contributed by atoms with E-state index in [0.29, 0.717) is 18.1 Å². The number of allylic oxidation sites excluding steroid dienone is 1. The zero-order valence-electron chi connectivity index (χ0n) is 23.3. The van der Waals surface area contributed by atoms with Crippen LogP contribution < -0.4 is 4.74 Å². The molecule has 1 unspecified atom stereocenters. The highest BCUT2D eigenvalue weighted by atomic mass is 32.2. The molecule has 40 heavy (non-hydrogen) atoms. The Hall–Kier alpha value is -3.63. The lowest BCUT2D eigenvalue weighted by Gasteiger charge is -2.17. The highest BCUT2D eigenvalue weighted by Crippen LogP contribution is 2.41. The second kappa shape index (κ2) is 13.6. The fourth-order valence-electron chi connectivity index (χ4n) is 5.42.